The van der Waals surface area contributed by atoms with Crippen molar-refractivity contribution in [2.75, 3.05) is 6.61 Å². The summed E-state index contributed by atoms with van der Waals surface area (Å²) >= 11 is 0. The molecular formula is C12H10F3NO4. The van der Waals surface area contributed by atoms with Gasteiger partial charge in [-0.1, -0.05) is 0 Å². The van der Waals surface area contributed by atoms with Crippen LogP contribution in [0.2, 0.25) is 0 Å². The van der Waals surface area contributed by atoms with E-state index in [2.05, 4.69) is 9.47 Å². The van der Waals surface area contributed by atoms with Crippen molar-refractivity contribution in [2.24, 2.45) is 0 Å². The fourth-order valence-corrected chi connectivity index (χ4v) is 1.47. The molecule has 1 N–H and O–H groups in total. The van der Waals surface area contributed by atoms with E-state index in [0.29, 0.717) is 0 Å². The monoisotopic (exact) mass is 289 g/mol. The van der Waals surface area contributed by atoms with Crippen LogP contribution in [-0.4, -0.2) is 24.0 Å². The molecule has 20 heavy (non-hydrogen) atoms. The predicted molar refractivity (Wildman–Crippen MR) is 59.8 cm³/mol. The number of nitrogens with zero attached hydrogens (tertiary/aromatic N) is 1. The number of esters is 1. The number of carbonyl (C=O) groups is 1. The summed E-state index contributed by atoms with van der Waals surface area (Å²) in [6.07, 6.45) is -5.59. The number of alkyl halides is 3. The second kappa shape index (κ2) is 6.14. The lowest BCUT2D eigenvalue weighted by molar-refractivity contribution is -0.275. The molecule has 0 heterocycles. The maximum Gasteiger partial charge on any atom is 0.573 e. The molecule has 0 aliphatic rings. The van der Waals surface area contributed by atoms with Gasteiger partial charge in [0.15, 0.2) is 11.5 Å². The Morgan fingerprint density at radius 2 is 2.10 bits per heavy atom. The van der Waals surface area contributed by atoms with Gasteiger partial charge in [0.05, 0.1) is 24.7 Å². The van der Waals surface area contributed by atoms with E-state index >= 15 is 0 Å². The highest BCUT2D eigenvalue weighted by molar-refractivity contribution is 5.74. The quantitative estimate of drug-likeness (QED) is 0.860. The largest absolute Gasteiger partial charge is 0.573 e. The van der Waals surface area contributed by atoms with E-state index in [4.69, 9.17) is 5.26 Å². The van der Waals surface area contributed by atoms with Crippen molar-refractivity contribution in [3.8, 4) is 17.6 Å². The summed E-state index contributed by atoms with van der Waals surface area (Å²) in [4.78, 5) is 11.3. The van der Waals surface area contributed by atoms with Gasteiger partial charge in [0.25, 0.3) is 0 Å². The number of phenolic OH excluding ortho intramolecular Hbond substituents is 1. The van der Waals surface area contributed by atoms with Gasteiger partial charge in [0, 0.05) is 11.6 Å². The van der Waals surface area contributed by atoms with E-state index < -0.39 is 30.3 Å². The van der Waals surface area contributed by atoms with E-state index in [1.807, 2.05) is 0 Å². The molecule has 0 aromatic heterocycles. The Morgan fingerprint density at radius 3 is 2.60 bits per heavy atom. The van der Waals surface area contributed by atoms with Crippen LogP contribution in [0.3, 0.4) is 0 Å². The van der Waals surface area contributed by atoms with Gasteiger partial charge in [-0.15, -0.1) is 13.2 Å². The van der Waals surface area contributed by atoms with Crippen LogP contribution in [0.25, 0.3) is 0 Å². The SMILES string of the molecule is CCOC(=O)Cc1cc(C#N)cc(O)c1OC(F)(F)F. The van der Waals surface area contributed by atoms with E-state index in [0.717, 1.165) is 12.1 Å². The molecule has 0 bridgehead atoms. The summed E-state index contributed by atoms with van der Waals surface area (Å²) < 4.78 is 45.0. The van der Waals surface area contributed by atoms with Crippen LogP contribution >= 0.6 is 0 Å². The number of aromatic hydroxyl groups is 1. The van der Waals surface area contributed by atoms with Gasteiger partial charge < -0.3 is 14.6 Å². The fraction of sp³-hybridized carbons (Fsp3) is 0.333. The van der Waals surface area contributed by atoms with Crippen molar-refractivity contribution < 1.29 is 32.5 Å². The number of hydrogen-bond donors (Lipinski definition) is 1. The minimum atomic E-state index is -5.03. The Bertz CT molecular complexity index is 549. The number of ether oxygens (including phenoxy) is 2. The number of carbonyl (C=O) groups excluding carboxylic acids is 1. The fourth-order valence-electron chi connectivity index (χ4n) is 1.47. The first-order valence-electron chi connectivity index (χ1n) is 5.44. The third-order valence-electron chi connectivity index (χ3n) is 2.13. The smallest absolute Gasteiger partial charge is 0.504 e. The van der Waals surface area contributed by atoms with Crippen LogP contribution in [0.1, 0.15) is 18.1 Å². The molecule has 108 valence electrons. The van der Waals surface area contributed by atoms with Gasteiger partial charge in [0.1, 0.15) is 0 Å². The van der Waals surface area contributed by atoms with Gasteiger partial charge in [-0.2, -0.15) is 5.26 Å². The molecule has 0 aliphatic heterocycles. The molecule has 0 spiro atoms. The highest BCUT2D eigenvalue weighted by Gasteiger charge is 2.34. The van der Waals surface area contributed by atoms with Crippen molar-refractivity contribution in [3.63, 3.8) is 0 Å². The molecule has 1 aromatic carbocycles. The average molecular weight is 289 g/mol. The van der Waals surface area contributed by atoms with E-state index in [9.17, 15) is 23.1 Å². The minimum absolute atomic E-state index is 0.0538. The third kappa shape index (κ3) is 4.35. The van der Waals surface area contributed by atoms with Crippen molar-refractivity contribution in [2.45, 2.75) is 19.7 Å². The summed E-state index contributed by atoms with van der Waals surface area (Å²) in [5.74, 6) is -2.58. The van der Waals surface area contributed by atoms with Gasteiger partial charge in [-0.05, 0) is 13.0 Å². The molecule has 0 aliphatic carbocycles. The van der Waals surface area contributed by atoms with E-state index in [1.54, 1.807) is 6.07 Å². The zero-order valence-electron chi connectivity index (χ0n) is 10.3. The Kier molecular flexibility index (Phi) is 4.80. The summed E-state index contributed by atoms with van der Waals surface area (Å²) in [7, 11) is 0. The maximum absolute atomic E-state index is 12.3. The lowest BCUT2D eigenvalue weighted by Gasteiger charge is -2.14. The second-order valence-electron chi connectivity index (χ2n) is 3.63. The summed E-state index contributed by atoms with van der Waals surface area (Å²) in [6, 6.07) is 3.50. The molecule has 5 nitrogen and oxygen atoms in total. The van der Waals surface area contributed by atoms with Crippen LogP contribution < -0.4 is 4.74 Å². The van der Waals surface area contributed by atoms with Crippen LogP contribution in [0.5, 0.6) is 11.5 Å². The zero-order chi connectivity index (χ0) is 15.3. The number of benzene rings is 1. The molecule has 0 amide bonds. The number of phenols is 1. The summed E-state index contributed by atoms with van der Waals surface area (Å²) in [5.41, 5.74) is -0.381. The molecule has 1 aromatic rings. The Balaban J connectivity index is 3.19. The van der Waals surface area contributed by atoms with Crippen LogP contribution in [0.4, 0.5) is 13.2 Å². The first kappa shape index (κ1) is 15.6. The number of nitriles is 1. The van der Waals surface area contributed by atoms with E-state index in [1.165, 1.54) is 6.92 Å². The van der Waals surface area contributed by atoms with Crippen molar-refractivity contribution >= 4 is 5.97 Å². The second-order valence-corrected chi connectivity index (χ2v) is 3.63. The van der Waals surface area contributed by atoms with Crippen molar-refractivity contribution in [3.05, 3.63) is 23.3 Å². The Morgan fingerprint density at radius 1 is 1.45 bits per heavy atom. The molecule has 1 rings (SSSR count). The summed E-state index contributed by atoms with van der Waals surface area (Å²) in [5, 5.41) is 18.2. The summed E-state index contributed by atoms with van der Waals surface area (Å²) in [6.45, 7) is 1.59. The topological polar surface area (TPSA) is 79.6 Å². The standard InChI is InChI=1S/C12H10F3NO4/c1-2-19-10(18)5-8-3-7(6-16)4-9(17)11(8)20-12(13,14)15/h3-4,17H,2,5H2,1H3. The molecule has 0 radical (unpaired) electrons. The molecule has 0 atom stereocenters. The van der Waals surface area contributed by atoms with Gasteiger partial charge in [-0.3, -0.25) is 4.79 Å². The predicted octanol–water partition coefficient (Wildman–Crippen LogP) is 2.27. The Labute approximate surface area is 112 Å². The van der Waals surface area contributed by atoms with Crippen molar-refractivity contribution in [1.82, 2.24) is 0 Å². The zero-order valence-corrected chi connectivity index (χ0v) is 10.3. The first-order valence-corrected chi connectivity index (χ1v) is 5.44. The first-order chi connectivity index (χ1) is 9.26. The van der Waals surface area contributed by atoms with Gasteiger partial charge in [0.2, 0.25) is 0 Å². The highest BCUT2D eigenvalue weighted by atomic mass is 19.4. The average Bonchev–Trinajstić information content (AvgIpc) is 2.32. The van der Waals surface area contributed by atoms with Gasteiger partial charge >= 0.3 is 12.3 Å². The maximum atomic E-state index is 12.3. The van der Waals surface area contributed by atoms with E-state index in [-0.39, 0.29) is 17.7 Å². The van der Waals surface area contributed by atoms with Crippen LogP contribution in [0, 0.1) is 11.3 Å². The molecule has 0 fully saturated rings. The van der Waals surface area contributed by atoms with Crippen LogP contribution in [-0.2, 0) is 16.0 Å². The third-order valence-corrected chi connectivity index (χ3v) is 2.13. The molecular weight excluding hydrogens is 279 g/mol. The van der Waals surface area contributed by atoms with Gasteiger partial charge in [-0.25, -0.2) is 0 Å². The number of hydrogen-bond acceptors (Lipinski definition) is 5. The highest BCUT2D eigenvalue weighted by Crippen LogP contribution is 2.36. The normalized spacial score (nSPS) is 10.8. The molecule has 0 saturated heterocycles. The molecule has 0 saturated carbocycles. The lowest BCUT2D eigenvalue weighted by atomic mass is 10.1. The Hall–Kier alpha value is -2.43. The molecule has 8 heteroatoms. The lowest BCUT2D eigenvalue weighted by Crippen LogP contribution is -2.19. The minimum Gasteiger partial charge on any atom is -0.504 e. The number of rotatable bonds is 4. The van der Waals surface area contributed by atoms with Crippen LogP contribution in [0.15, 0.2) is 12.1 Å². The number of halogens is 3. The molecule has 0 unspecified atom stereocenters. The van der Waals surface area contributed by atoms with Crippen molar-refractivity contribution in [1.29, 1.82) is 5.26 Å².